The zero-order chi connectivity index (χ0) is 14.5. The molecule has 0 bridgehead atoms. The van der Waals surface area contributed by atoms with E-state index in [0.717, 1.165) is 4.68 Å². The monoisotopic (exact) mass is 278 g/mol. The molecule has 8 nitrogen and oxygen atoms in total. The summed E-state index contributed by atoms with van der Waals surface area (Å²) in [6, 6.07) is 3.52. The molecule has 2 heterocycles. The van der Waals surface area contributed by atoms with Crippen LogP contribution in [0.3, 0.4) is 0 Å². The van der Waals surface area contributed by atoms with Crippen LogP contribution < -0.4 is 0 Å². The Bertz CT molecular complexity index is 590. The minimum atomic E-state index is -1.04. The largest absolute Gasteiger partial charge is 0.480 e. The number of hydrogen-bond donors (Lipinski definition) is 1. The predicted molar refractivity (Wildman–Crippen MR) is 66.8 cm³/mol. The number of carboxylic acid groups (broad SMARTS) is 1. The molecule has 0 saturated heterocycles. The third-order valence-electron chi connectivity index (χ3n) is 2.65. The second-order valence-electron chi connectivity index (χ2n) is 4.09. The van der Waals surface area contributed by atoms with Crippen molar-refractivity contribution in [1.82, 2.24) is 19.9 Å². The van der Waals surface area contributed by atoms with Gasteiger partial charge in [-0.05, 0) is 19.1 Å². The molecule has 1 N–H and O–H groups in total. The SMILES string of the molecule is CCN(Cc1ccco1)C(=O)c1cn(CC(=O)O)nn1. The van der Waals surface area contributed by atoms with Gasteiger partial charge in [0.1, 0.15) is 12.3 Å². The quantitative estimate of drug-likeness (QED) is 0.831. The molecule has 2 rings (SSSR count). The molecule has 20 heavy (non-hydrogen) atoms. The number of carbonyl (C=O) groups is 2. The minimum absolute atomic E-state index is 0.111. The van der Waals surface area contributed by atoms with Gasteiger partial charge in [-0.3, -0.25) is 9.59 Å². The molecular formula is C12H14N4O4. The second-order valence-corrected chi connectivity index (χ2v) is 4.09. The zero-order valence-electron chi connectivity index (χ0n) is 10.9. The smallest absolute Gasteiger partial charge is 0.325 e. The molecule has 0 spiro atoms. The van der Waals surface area contributed by atoms with Crippen LogP contribution in [0.2, 0.25) is 0 Å². The summed E-state index contributed by atoms with van der Waals surface area (Å²) in [4.78, 5) is 24.3. The third kappa shape index (κ3) is 3.22. The Morgan fingerprint density at radius 2 is 2.30 bits per heavy atom. The lowest BCUT2D eigenvalue weighted by Gasteiger charge is -2.17. The fraction of sp³-hybridized carbons (Fsp3) is 0.333. The van der Waals surface area contributed by atoms with Gasteiger partial charge in [0.15, 0.2) is 5.69 Å². The number of furan rings is 1. The van der Waals surface area contributed by atoms with E-state index in [9.17, 15) is 9.59 Å². The lowest BCUT2D eigenvalue weighted by molar-refractivity contribution is -0.137. The van der Waals surface area contributed by atoms with E-state index < -0.39 is 5.97 Å². The Morgan fingerprint density at radius 1 is 1.50 bits per heavy atom. The highest BCUT2D eigenvalue weighted by atomic mass is 16.4. The van der Waals surface area contributed by atoms with Crippen molar-refractivity contribution in [2.75, 3.05) is 6.54 Å². The van der Waals surface area contributed by atoms with E-state index >= 15 is 0 Å². The van der Waals surface area contributed by atoms with Crippen LogP contribution in [0.5, 0.6) is 0 Å². The molecule has 1 amide bonds. The Balaban J connectivity index is 2.08. The van der Waals surface area contributed by atoms with Gasteiger partial charge in [-0.2, -0.15) is 0 Å². The molecule has 0 aromatic carbocycles. The third-order valence-corrected chi connectivity index (χ3v) is 2.65. The summed E-state index contributed by atoms with van der Waals surface area (Å²) >= 11 is 0. The highest BCUT2D eigenvalue weighted by Gasteiger charge is 2.19. The predicted octanol–water partition coefficient (Wildman–Crippen LogP) is 0.618. The van der Waals surface area contributed by atoms with Gasteiger partial charge in [0, 0.05) is 6.54 Å². The second kappa shape index (κ2) is 6.00. The number of hydrogen-bond acceptors (Lipinski definition) is 5. The summed E-state index contributed by atoms with van der Waals surface area (Å²) in [5.41, 5.74) is 0.111. The summed E-state index contributed by atoms with van der Waals surface area (Å²) in [5.74, 6) is -0.699. The lowest BCUT2D eigenvalue weighted by atomic mass is 10.3. The van der Waals surface area contributed by atoms with Crippen molar-refractivity contribution in [3.8, 4) is 0 Å². The number of amides is 1. The van der Waals surface area contributed by atoms with Gasteiger partial charge in [-0.15, -0.1) is 5.10 Å². The summed E-state index contributed by atoms with van der Waals surface area (Å²) in [5, 5.41) is 15.9. The number of aliphatic carboxylic acids is 1. The van der Waals surface area contributed by atoms with Crippen molar-refractivity contribution >= 4 is 11.9 Å². The number of rotatable bonds is 6. The van der Waals surface area contributed by atoms with Crippen LogP contribution >= 0.6 is 0 Å². The molecule has 8 heteroatoms. The van der Waals surface area contributed by atoms with Crippen molar-refractivity contribution < 1.29 is 19.1 Å². The fourth-order valence-electron chi connectivity index (χ4n) is 1.69. The molecule has 0 fully saturated rings. The molecule has 0 atom stereocenters. The Kier molecular flexibility index (Phi) is 4.14. The van der Waals surface area contributed by atoms with Gasteiger partial charge < -0.3 is 14.4 Å². The molecule has 0 radical (unpaired) electrons. The Morgan fingerprint density at radius 3 is 2.90 bits per heavy atom. The number of carboxylic acids is 1. The molecular weight excluding hydrogens is 264 g/mol. The van der Waals surface area contributed by atoms with Crippen LogP contribution in [0, 0.1) is 0 Å². The number of aromatic nitrogens is 3. The first-order chi connectivity index (χ1) is 9.60. The topological polar surface area (TPSA) is 101 Å². The first-order valence-electron chi connectivity index (χ1n) is 6.03. The first kappa shape index (κ1) is 13.8. The van der Waals surface area contributed by atoms with Crippen LogP contribution in [0.4, 0.5) is 0 Å². The van der Waals surface area contributed by atoms with Crippen LogP contribution in [0.25, 0.3) is 0 Å². The summed E-state index contributed by atoms with van der Waals surface area (Å²) < 4.78 is 6.30. The molecule has 0 aliphatic carbocycles. The number of nitrogens with zero attached hydrogens (tertiary/aromatic N) is 4. The molecule has 0 aliphatic rings. The van der Waals surface area contributed by atoms with Gasteiger partial charge in [-0.1, -0.05) is 5.21 Å². The van der Waals surface area contributed by atoms with Crippen molar-refractivity contribution in [2.45, 2.75) is 20.0 Å². The summed E-state index contributed by atoms with van der Waals surface area (Å²) in [7, 11) is 0. The molecule has 0 aliphatic heterocycles. The maximum atomic E-state index is 12.2. The first-order valence-corrected chi connectivity index (χ1v) is 6.03. The van der Waals surface area contributed by atoms with Crippen molar-refractivity contribution in [3.05, 3.63) is 36.0 Å². The van der Waals surface area contributed by atoms with Crippen LogP contribution in [-0.4, -0.2) is 43.4 Å². The van der Waals surface area contributed by atoms with E-state index in [2.05, 4.69) is 10.3 Å². The highest BCUT2D eigenvalue weighted by molar-refractivity contribution is 5.91. The maximum Gasteiger partial charge on any atom is 0.325 e. The van der Waals surface area contributed by atoms with Gasteiger partial charge in [-0.25, -0.2) is 4.68 Å². The summed E-state index contributed by atoms with van der Waals surface area (Å²) in [6.07, 6.45) is 2.86. The van der Waals surface area contributed by atoms with Gasteiger partial charge in [0.25, 0.3) is 5.91 Å². The standard InChI is InChI=1S/C12H14N4O4/c1-2-15(6-9-4-3-5-20-9)12(19)10-7-16(14-13-10)8-11(17)18/h3-5,7H,2,6,8H2,1H3,(H,17,18). The van der Waals surface area contributed by atoms with Crippen LogP contribution in [0.15, 0.2) is 29.0 Å². The molecule has 0 saturated carbocycles. The van der Waals surface area contributed by atoms with Crippen LogP contribution in [0.1, 0.15) is 23.2 Å². The average molecular weight is 278 g/mol. The highest BCUT2D eigenvalue weighted by Crippen LogP contribution is 2.08. The number of carbonyl (C=O) groups excluding carboxylic acids is 1. The zero-order valence-corrected chi connectivity index (χ0v) is 10.9. The van der Waals surface area contributed by atoms with Gasteiger partial charge in [0.05, 0.1) is 19.0 Å². The van der Waals surface area contributed by atoms with Crippen molar-refractivity contribution in [3.63, 3.8) is 0 Å². The van der Waals surface area contributed by atoms with E-state index in [0.29, 0.717) is 18.8 Å². The van der Waals surface area contributed by atoms with Crippen molar-refractivity contribution in [2.24, 2.45) is 0 Å². The maximum absolute atomic E-state index is 12.2. The van der Waals surface area contributed by atoms with Gasteiger partial charge in [0.2, 0.25) is 0 Å². The Hall–Kier alpha value is -2.64. The Labute approximate surface area is 114 Å². The average Bonchev–Trinajstić information content (AvgIpc) is 3.05. The normalized spacial score (nSPS) is 10.4. The molecule has 106 valence electrons. The van der Waals surface area contributed by atoms with Crippen LogP contribution in [-0.2, 0) is 17.9 Å². The van der Waals surface area contributed by atoms with Gasteiger partial charge >= 0.3 is 5.97 Å². The molecule has 0 unspecified atom stereocenters. The fourth-order valence-corrected chi connectivity index (χ4v) is 1.69. The van der Waals surface area contributed by atoms with E-state index in [-0.39, 0.29) is 18.1 Å². The lowest BCUT2D eigenvalue weighted by Crippen LogP contribution is -2.30. The molecule has 2 aromatic heterocycles. The van der Waals surface area contributed by atoms with Crippen molar-refractivity contribution in [1.29, 1.82) is 0 Å². The van der Waals surface area contributed by atoms with E-state index in [1.165, 1.54) is 17.4 Å². The van der Waals surface area contributed by atoms with E-state index in [1.54, 1.807) is 12.1 Å². The van der Waals surface area contributed by atoms with E-state index in [1.807, 2.05) is 6.92 Å². The van der Waals surface area contributed by atoms with E-state index in [4.69, 9.17) is 9.52 Å². The summed E-state index contributed by atoms with van der Waals surface area (Å²) in [6.45, 7) is 2.31. The minimum Gasteiger partial charge on any atom is -0.480 e. The molecule has 2 aromatic rings.